The third-order valence-corrected chi connectivity index (χ3v) is 2.49. The third kappa shape index (κ3) is 2.92. The van der Waals surface area contributed by atoms with Crippen LogP contribution < -0.4 is 11.3 Å². The van der Waals surface area contributed by atoms with Crippen molar-refractivity contribution < 1.29 is 4.79 Å². The normalized spacial score (nSPS) is 9.94. The van der Waals surface area contributed by atoms with Crippen LogP contribution in [0.4, 0.5) is 0 Å². The number of nitrogens with two attached hydrogens (primary N) is 1. The van der Waals surface area contributed by atoms with Gasteiger partial charge in [0.25, 0.3) is 5.91 Å². The van der Waals surface area contributed by atoms with Gasteiger partial charge in [0.1, 0.15) is 0 Å². The zero-order valence-electron chi connectivity index (χ0n) is 9.31. The van der Waals surface area contributed by atoms with Crippen LogP contribution in [0.25, 0.3) is 0 Å². The number of nitrogens with one attached hydrogen (secondary N) is 1. The van der Waals surface area contributed by atoms with Gasteiger partial charge in [0, 0.05) is 5.56 Å². The van der Waals surface area contributed by atoms with E-state index < -0.39 is 0 Å². The molecular formula is C14H13N2O. The quantitative estimate of drug-likeness (QED) is 0.474. The summed E-state index contributed by atoms with van der Waals surface area (Å²) in [5.74, 6) is 4.77. The molecule has 0 aliphatic carbocycles. The lowest BCUT2D eigenvalue weighted by Gasteiger charge is -2.04. The molecule has 0 bridgehead atoms. The van der Waals surface area contributed by atoms with E-state index in [1.165, 1.54) is 5.56 Å². The van der Waals surface area contributed by atoms with Crippen molar-refractivity contribution in [2.75, 3.05) is 0 Å². The predicted octanol–water partition coefficient (Wildman–Crippen LogP) is 1.68. The molecule has 3 nitrogen and oxygen atoms in total. The number of hydrogen-bond donors (Lipinski definition) is 2. The summed E-state index contributed by atoms with van der Waals surface area (Å²) in [5.41, 5.74) is 4.83. The lowest BCUT2D eigenvalue weighted by molar-refractivity contribution is 0.0953. The summed E-state index contributed by atoms with van der Waals surface area (Å²) in [7, 11) is 0. The van der Waals surface area contributed by atoms with Gasteiger partial charge in [-0.2, -0.15) is 0 Å². The predicted molar refractivity (Wildman–Crippen MR) is 66.2 cm³/mol. The van der Waals surface area contributed by atoms with E-state index in [9.17, 15) is 4.79 Å². The van der Waals surface area contributed by atoms with Crippen molar-refractivity contribution >= 4 is 5.91 Å². The second kappa shape index (κ2) is 5.27. The molecule has 0 saturated carbocycles. The van der Waals surface area contributed by atoms with E-state index in [1.807, 2.05) is 24.3 Å². The Morgan fingerprint density at radius 3 is 2.65 bits per heavy atom. The fourth-order valence-corrected chi connectivity index (χ4v) is 1.66. The molecule has 0 spiro atoms. The first kappa shape index (κ1) is 11.4. The topological polar surface area (TPSA) is 55.1 Å². The van der Waals surface area contributed by atoms with Gasteiger partial charge in [0.15, 0.2) is 0 Å². The SMILES string of the molecule is NNC(=O)c1[c]ccc(Cc2ccccc2)c1. The van der Waals surface area contributed by atoms with Gasteiger partial charge >= 0.3 is 0 Å². The minimum Gasteiger partial charge on any atom is -0.290 e. The summed E-state index contributed by atoms with van der Waals surface area (Å²) in [6.07, 6.45) is 0.792. The molecule has 0 saturated heterocycles. The van der Waals surface area contributed by atoms with E-state index in [0.29, 0.717) is 5.56 Å². The Balaban J connectivity index is 2.20. The van der Waals surface area contributed by atoms with Gasteiger partial charge in [-0.25, -0.2) is 5.84 Å². The van der Waals surface area contributed by atoms with Crippen LogP contribution in [0.3, 0.4) is 0 Å². The monoisotopic (exact) mass is 225 g/mol. The largest absolute Gasteiger partial charge is 0.290 e. The minimum atomic E-state index is -0.320. The molecule has 0 fully saturated rings. The Labute approximate surface area is 100 Å². The molecule has 0 atom stereocenters. The number of amides is 1. The molecular weight excluding hydrogens is 212 g/mol. The van der Waals surface area contributed by atoms with Crippen LogP contribution in [0, 0.1) is 6.07 Å². The molecule has 1 radical (unpaired) electrons. The summed E-state index contributed by atoms with van der Waals surface area (Å²) in [6, 6.07) is 18.4. The molecule has 3 N–H and O–H groups in total. The van der Waals surface area contributed by atoms with Gasteiger partial charge in [-0.3, -0.25) is 10.2 Å². The minimum absolute atomic E-state index is 0.320. The number of carbonyl (C=O) groups is 1. The van der Waals surface area contributed by atoms with Crippen molar-refractivity contribution in [3.8, 4) is 0 Å². The molecule has 3 heteroatoms. The first-order chi connectivity index (χ1) is 8.29. The van der Waals surface area contributed by atoms with Crippen molar-refractivity contribution in [2.24, 2.45) is 5.84 Å². The van der Waals surface area contributed by atoms with Crippen LogP contribution in [0.1, 0.15) is 21.5 Å². The Kier molecular flexibility index (Phi) is 3.52. The number of rotatable bonds is 3. The Morgan fingerprint density at radius 1 is 1.18 bits per heavy atom. The van der Waals surface area contributed by atoms with Gasteiger partial charge in [-0.15, -0.1) is 0 Å². The smallest absolute Gasteiger partial charge is 0.265 e. The van der Waals surface area contributed by atoms with Gasteiger partial charge in [-0.1, -0.05) is 42.5 Å². The van der Waals surface area contributed by atoms with Gasteiger partial charge in [-0.05, 0) is 29.7 Å². The second-order valence-corrected chi connectivity index (χ2v) is 3.75. The lowest BCUT2D eigenvalue weighted by atomic mass is 10.0. The molecule has 0 aliphatic heterocycles. The summed E-state index contributed by atoms with van der Waals surface area (Å²) in [6.45, 7) is 0. The fourth-order valence-electron chi connectivity index (χ4n) is 1.66. The first-order valence-electron chi connectivity index (χ1n) is 5.35. The van der Waals surface area contributed by atoms with Gasteiger partial charge < -0.3 is 0 Å². The molecule has 2 aromatic rings. The van der Waals surface area contributed by atoms with E-state index in [4.69, 9.17) is 5.84 Å². The molecule has 0 unspecified atom stereocenters. The molecule has 2 rings (SSSR count). The zero-order valence-corrected chi connectivity index (χ0v) is 9.31. The van der Waals surface area contributed by atoms with Crippen molar-refractivity contribution in [2.45, 2.75) is 6.42 Å². The number of hydrogen-bond acceptors (Lipinski definition) is 2. The highest BCUT2D eigenvalue weighted by molar-refractivity contribution is 5.93. The van der Waals surface area contributed by atoms with Crippen LogP contribution >= 0.6 is 0 Å². The molecule has 2 aromatic carbocycles. The van der Waals surface area contributed by atoms with Crippen LogP contribution in [0.2, 0.25) is 0 Å². The van der Waals surface area contributed by atoms with Crippen LogP contribution in [-0.4, -0.2) is 5.91 Å². The second-order valence-electron chi connectivity index (χ2n) is 3.75. The van der Waals surface area contributed by atoms with Crippen molar-refractivity contribution in [3.05, 3.63) is 71.3 Å². The van der Waals surface area contributed by atoms with Gasteiger partial charge in [0.2, 0.25) is 0 Å². The molecule has 1 amide bonds. The zero-order chi connectivity index (χ0) is 12.1. The van der Waals surface area contributed by atoms with E-state index in [0.717, 1.165) is 12.0 Å². The summed E-state index contributed by atoms with van der Waals surface area (Å²) < 4.78 is 0. The Bertz CT molecular complexity index is 509. The maximum absolute atomic E-state index is 11.4. The lowest BCUT2D eigenvalue weighted by Crippen LogP contribution is -2.30. The van der Waals surface area contributed by atoms with E-state index in [2.05, 4.69) is 23.6 Å². The number of carbonyl (C=O) groups excluding carboxylic acids is 1. The third-order valence-electron chi connectivity index (χ3n) is 2.49. The number of nitrogen functional groups attached to an aromatic ring is 1. The summed E-state index contributed by atoms with van der Waals surface area (Å²) in [4.78, 5) is 11.4. The number of benzene rings is 2. The Morgan fingerprint density at radius 2 is 1.94 bits per heavy atom. The fraction of sp³-hybridized carbons (Fsp3) is 0.0714. The molecule has 85 valence electrons. The molecule has 0 aromatic heterocycles. The molecule has 0 aliphatic rings. The average Bonchev–Trinajstić information content (AvgIpc) is 2.39. The van der Waals surface area contributed by atoms with Crippen LogP contribution in [0.15, 0.2) is 48.5 Å². The van der Waals surface area contributed by atoms with Crippen molar-refractivity contribution in [1.29, 1.82) is 0 Å². The average molecular weight is 225 g/mol. The Hall–Kier alpha value is -2.13. The highest BCUT2D eigenvalue weighted by Crippen LogP contribution is 2.10. The maximum atomic E-state index is 11.4. The standard InChI is InChI=1S/C14H13N2O/c15-16-14(17)13-8-4-7-12(10-13)9-11-5-2-1-3-6-11/h1-7,10H,9,15H2,(H,16,17). The van der Waals surface area contributed by atoms with E-state index in [-0.39, 0.29) is 5.91 Å². The summed E-state index contributed by atoms with van der Waals surface area (Å²) >= 11 is 0. The van der Waals surface area contributed by atoms with Crippen LogP contribution in [-0.2, 0) is 6.42 Å². The molecule has 17 heavy (non-hydrogen) atoms. The molecule has 0 heterocycles. The maximum Gasteiger partial charge on any atom is 0.265 e. The van der Waals surface area contributed by atoms with Gasteiger partial charge in [0.05, 0.1) is 0 Å². The van der Waals surface area contributed by atoms with E-state index in [1.54, 1.807) is 12.1 Å². The highest BCUT2D eigenvalue weighted by Gasteiger charge is 2.04. The highest BCUT2D eigenvalue weighted by atomic mass is 16.2. The first-order valence-corrected chi connectivity index (χ1v) is 5.35. The van der Waals surface area contributed by atoms with Crippen molar-refractivity contribution in [1.82, 2.24) is 5.43 Å². The number of hydrazine groups is 1. The van der Waals surface area contributed by atoms with E-state index >= 15 is 0 Å². The van der Waals surface area contributed by atoms with Crippen LogP contribution in [0.5, 0.6) is 0 Å². The van der Waals surface area contributed by atoms with Crippen molar-refractivity contribution in [3.63, 3.8) is 0 Å². The summed E-state index contributed by atoms with van der Waals surface area (Å²) in [5, 5.41) is 0.